The topological polar surface area (TPSA) is 72.4 Å². The second-order valence-corrected chi connectivity index (χ2v) is 4.01. The number of hydrogen-bond acceptors (Lipinski definition) is 3. The van der Waals surface area contributed by atoms with Crippen LogP contribution in [0.5, 0.6) is 0 Å². The number of primary amides is 1. The molecule has 0 aliphatic heterocycles. The lowest BCUT2D eigenvalue weighted by atomic mass is 10.1. The molecule has 0 saturated heterocycles. The largest absolute Gasteiger partial charge is 0.368 e. The number of benzene rings is 1. The van der Waals surface area contributed by atoms with Crippen molar-refractivity contribution >= 4 is 5.91 Å². The maximum absolute atomic E-state index is 11.0. The van der Waals surface area contributed by atoms with Crippen molar-refractivity contribution in [2.24, 2.45) is 11.5 Å². The van der Waals surface area contributed by atoms with E-state index in [-0.39, 0.29) is 11.9 Å². The van der Waals surface area contributed by atoms with Gasteiger partial charge in [-0.3, -0.25) is 9.69 Å². The minimum absolute atomic E-state index is 0.255. The molecule has 0 radical (unpaired) electrons. The quantitative estimate of drug-likeness (QED) is 0.758. The van der Waals surface area contributed by atoms with E-state index >= 15 is 0 Å². The summed E-state index contributed by atoms with van der Waals surface area (Å²) in [6.45, 7) is 3.05. The van der Waals surface area contributed by atoms with Gasteiger partial charge in [0, 0.05) is 13.1 Å². The number of nitrogens with two attached hydrogens (primary N) is 2. The fourth-order valence-electron chi connectivity index (χ4n) is 1.42. The van der Waals surface area contributed by atoms with Crippen LogP contribution in [0.25, 0.3) is 0 Å². The van der Waals surface area contributed by atoms with Crippen LogP contribution in [0.15, 0.2) is 24.3 Å². The van der Waals surface area contributed by atoms with Crippen LogP contribution in [0.1, 0.15) is 18.1 Å². The van der Waals surface area contributed by atoms with Crippen LogP contribution < -0.4 is 11.5 Å². The van der Waals surface area contributed by atoms with Crippen molar-refractivity contribution in [2.45, 2.75) is 26.1 Å². The summed E-state index contributed by atoms with van der Waals surface area (Å²) in [6, 6.07) is 7.78. The Morgan fingerprint density at radius 3 is 2.25 bits per heavy atom. The van der Waals surface area contributed by atoms with E-state index in [9.17, 15) is 4.79 Å². The molecule has 1 aromatic carbocycles. The molecule has 0 bridgehead atoms. The highest BCUT2D eigenvalue weighted by atomic mass is 16.1. The zero-order valence-corrected chi connectivity index (χ0v) is 9.81. The van der Waals surface area contributed by atoms with Crippen molar-refractivity contribution in [3.8, 4) is 0 Å². The number of rotatable bonds is 5. The molecule has 4 N–H and O–H groups in total. The Bertz CT molecular complexity index is 348. The van der Waals surface area contributed by atoms with Crippen LogP contribution in [0.2, 0.25) is 0 Å². The summed E-state index contributed by atoms with van der Waals surface area (Å²) in [5.74, 6) is -0.305. The minimum Gasteiger partial charge on any atom is -0.368 e. The number of carbonyl (C=O) groups excluding carboxylic acids is 1. The van der Waals surface area contributed by atoms with E-state index in [1.807, 2.05) is 36.2 Å². The molecule has 0 aromatic heterocycles. The van der Waals surface area contributed by atoms with Crippen molar-refractivity contribution in [1.29, 1.82) is 0 Å². The third-order valence-electron chi connectivity index (χ3n) is 2.76. The minimum atomic E-state index is -0.305. The Hall–Kier alpha value is -1.39. The molecule has 0 heterocycles. The van der Waals surface area contributed by atoms with Crippen LogP contribution in [0.3, 0.4) is 0 Å². The molecule has 4 nitrogen and oxygen atoms in total. The van der Waals surface area contributed by atoms with E-state index in [0.717, 1.165) is 11.1 Å². The normalized spacial score (nSPS) is 12.8. The SMILES string of the molecule is CC(C(N)=O)N(C)Cc1ccc(CN)cc1. The first-order valence-corrected chi connectivity index (χ1v) is 5.32. The molecule has 0 aliphatic carbocycles. The molecule has 0 saturated carbocycles. The van der Waals surface area contributed by atoms with Crippen LogP contribution in [-0.4, -0.2) is 23.9 Å². The van der Waals surface area contributed by atoms with Gasteiger partial charge in [-0.2, -0.15) is 0 Å². The Labute approximate surface area is 96.2 Å². The average Bonchev–Trinajstić information content (AvgIpc) is 2.28. The van der Waals surface area contributed by atoms with Crippen molar-refractivity contribution in [3.05, 3.63) is 35.4 Å². The Morgan fingerprint density at radius 1 is 1.31 bits per heavy atom. The van der Waals surface area contributed by atoms with Gasteiger partial charge >= 0.3 is 0 Å². The van der Waals surface area contributed by atoms with Crippen molar-refractivity contribution in [2.75, 3.05) is 7.05 Å². The summed E-state index contributed by atoms with van der Waals surface area (Å²) in [5.41, 5.74) is 13.0. The molecule has 4 heteroatoms. The molecule has 1 rings (SSSR count). The molecule has 88 valence electrons. The zero-order chi connectivity index (χ0) is 12.1. The second kappa shape index (κ2) is 5.63. The third-order valence-corrected chi connectivity index (χ3v) is 2.76. The lowest BCUT2D eigenvalue weighted by Gasteiger charge is -2.21. The predicted molar refractivity (Wildman–Crippen MR) is 64.5 cm³/mol. The van der Waals surface area contributed by atoms with Gasteiger partial charge in [-0.05, 0) is 25.1 Å². The second-order valence-electron chi connectivity index (χ2n) is 4.01. The molecular formula is C12H19N3O. The van der Waals surface area contributed by atoms with Crippen LogP contribution in [-0.2, 0) is 17.9 Å². The van der Waals surface area contributed by atoms with Gasteiger partial charge in [-0.15, -0.1) is 0 Å². The van der Waals surface area contributed by atoms with Gasteiger partial charge in [-0.25, -0.2) is 0 Å². The van der Waals surface area contributed by atoms with Crippen molar-refractivity contribution in [1.82, 2.24) is 4.90 Å². The zero-order valence-electron chi connectivity index (χ0n) is 9.81. The van der Waals surface area contributed by atoms with Gasteiger partial charge in [0.2, 0.25) is 5.91 Å². The maximum atomic E-state index is 11.0. The Kier molecular flexibility index (Phi) is 4.46. The van der Waals surface area contributed by atoms with Gasteiger partial charge in [0.05, 0.1) is 6.04 Å². The Morgan fingerprint density at radius 2 is 1.81 bits per heavy atom. The first-order chi connectivity index (χ1) is 7.54. The summed E-state index contributed by atoms with van der Waals surface area (Å²) in [4.78, 5) is 12.9. The summed E-state index contributed by atoms with van der Waals surface area (Å²) in [7, 11) is 1.88. The highest BCUT2D eigenvalue weighted by Gasteiger charge is 2.14. The lowest BCUT2D eigenvalue weighted by molar-refractivity contribution is -0.122. The van der Waals surface area contributed by atoms with E-state index in [0.29, 0.717) is 13.1 Å². The fourth-order valence-corrected chi connectivity index (χ4v) is 1.42. The molecule has 1 atom stereocenters. The number of carbonyl (C=O) groups is 1. The number of likely N-dealkylation sites (N-methyl/N-ethyl adjacent to an activating group) is 1. The maximum Gasteiger partial charge on any atom is 0.234 e. The van der Waals surface area contributed by atoms with Gasteiger partial charge in [0.1, 0.15) is 0 Å². The van der Waals surface area contributed by atoms with E-state index in [1.165, 1.54) is 0 Å². The molecule has 1 aromatic rings. The first kappa shape index (κ1) is 12.7. The van der Waals surface area contributed by atoms with Crippen molar-refractivity contribution < 1.29 is 4.79 Å². The smallest absolute Gasteiger partial charge is 0.234 e. The van der Waals surface area contributed by atoms with E-state index in [1.54, 1.807) is 6.92 Å². The molecule has 1 unspecified atom stereocenters. The molecule has 1 amide bonds. The molecule has 0 spiro atoms. The van der Waals surface area contributed by atoms with Crippen LogP contribution >= 0.6 is 0 Å². The molecular weight excluding hydrogens is 202 g/mol. The predicted octanol–water partition coefficient (Wildman–Crippen LogP) is 0.451. The molecule has 0 fully saturated rings. The molecule has 16 heavy (non-hydrogen) atoms. The van der Waals surface area contributed by atoms with Gasteiger partial charge < -0.3 is 11.5 Å². The van der Waals surface area contributed by atoms with Crippen LogP contribution in [0.4, 0.5) is 0 Å². The summed E-state index contributed by atoms with van der Waals surface area (Å²) in [6.07, 6.45) is 0. The van der Waals surface area contributed by atoms with Crippen molar-refractivity contribution in [3.63, 3.8) is 0 Å². The Balaban J connectivity index is 2.62. The highest BCUT2D eigenvalue weighted by Crippen LogP contribution is 2.08. The summed E-state index contributed by atoms with van der Waals surface area (Å²) in [5, 5.41) is 0. The van der Waals surface area contributed by atoms with Gasteiger partial charge in [0.15, 0.2) is 0 Å². The average molecular weight is 221 g/mol. The number of hydrogen-bond donors (Lipinski definition) is 2. The van der Waals surface area contributed by atoms with E-state index < -0.39 is 0 Å². The number of amides is 1. The lowest BCUT2D eigenvalue weighted by Crippen LogP contribution is -2.39. The van der Waals surface area contributed by atoms with E-state index in [2.05, 4.69) is 0 Å². The third kappa shape index (κ3) is 3.32. The van der Waals surface area contributed by atoms with Crippen LogP contribution in [0, 0.1) is 0 Å². The van der Waals surface area contributed by atoms with Gasteiger partial charge in [0.25, 0.3) is 0 Å². The summed E-state index contributed by atoms with van der Waals surface area (Å²) >= 11 is 0. The van der Waals surface area contributed by atoms with Gasteiger partial charge in [-0.1, -0.05) is 24.3 Å². The monoisotopic (exact) mass is 221 g/mol. The van der Waals surface area contributed by atoms with E-state index in [4.69, 9.17) is 11.5 Å². The first-order valence-electron chi connectivity index (χ1n) is 5.32. The number of nitrogens with zero attached hydrogens (tertiary/aromatic N) is 1. The highest BCUT2D eigenvalue weighted by molar-refractivity contribution is 5.79. The standard InChI is InChI=1S/C12H19N3O/c1-9(12(14)16)15(2)8-11-5-3-10(7-13)4-6-11/h3-6,9H,7-8,13H2,1-2H3,(H2,14,16). The molecule has 0 aliphatic rings. The summed E-state index contributed by atoms with van der Waals surface area (Å²) < 4.78 is 0. The fraction of sp³-hybridized carbons (Fsp3) is 0.417.